The van der Waals surface area contributed by atoms with Gasteiger partial charge in [0.15, 0.2) is 0 Å². The maximum atomic E-state index is 12.4. The third-order valence-electron chi connectivity index (χ3n) is 4.28. The molecule has 3 nitrogen and oxygen atoms in total. The summed E-state index contributed by atoms with van der Waals surface area (Å²) in [6, 6.07) is 13.7. The molecule has 3 heteroatoms. The lowest BCUT2D eigenvalue weighted by molar-refractivity contribution is 0.0956. The average molecular weight is 294 g/mol. The number of nitrogens with one attached hydrogen (secondary N) is 1. The topological polar surface area (TPSA) is 41.5 Å². The van der Waals surface area contributed by atoms with Crippen molar-refractivity contribution in [3.8, 4) is 0 Å². The Labute approximate surface area is 131 Å². The summed E-state index contributed by atoms with van der Waals surface area (Å²) in [5, 5.41) is 6.44. The van der Waals surface area contributed by atoms with E-state index in [1.807, 2.05) is 42.5 Å². The molecule has 114 valence electrons. The molecule has 1 amide bonds. The molecule has 1 aliphatic carbocycles. The number of benzene rings is 2. The van der Waals surface area contributed by atoms with Crippen LogP contribution in [0.3, 0.4) is 0 Å². The normalized spacial score (nSPS) is 15.9. The van der Waals surface area contributed by atoms with Crippen molar-refractivity contribution in [1.29, 1.82) is 0 Å². The van der Waals surface area contributed by atoms with Gasteiger partial charge in [-0.05, 0) is 42.5 Å². The van der Waals surface area contributed by atoms with Crippen molar-refractivity contribution < 1.29 is 4.79 Å². The van der Waals surface area contributed by atoms with Crippen molar-refractivity contribution in [2.45, 2.75) is 44.9 Å². The fourth-order valence-corrected chi connectivity index (χ4v) is 3.04. The SMILES string of the molecule is O=C(NN=C1CCCCCCC1)c1cccc2ccccc12. The molecule has 1 fully saturated rings. The third kappa shape index (κ3) is 3.53. The summed E-state index contributed by atoms with van der Waals surface area (Å²) >= 11 is 0. The molecule has 1 saturated carbocycles. The van der Waals surface area contributed by atoms with Crippen LogP contribution < -0.4 is 5.43 Å². The van der Waals surface area contributed by atoms with Crippen molar-refractivity contribution in [2.75, 3.05) is 0 Å². The summed E-state index contributed by atoms with van der Waals surface area (Å²) in [7, 11) is 0. The van der Waals surface area contributed by atoms with Gasteiger partial charge in [0.05, 0.1) is 0 Å². The number of carbonyl (C=O) groups is 1. The lowest BCUT2D eigenvalue weighted by atomic mass is 9.99. The standard InChI is InChI=1S/C19H22N2O/c22-19(21-20-16-11-4-2-1-3-5-12-16)18-14-8-10-15-9-6-7-13-17(15)18/h6-10,13-14H,1-5,11-12H2,(H,21,22). The Balaban J connectivity index is 1.75. The Kier molecular flexibility index (Phi) is 4.84. The molecule has 1 N–H and O–H groups in total. The van der Waals surface area contributed by atoms with Gasteiger partial charge < -0.3 is 0 Å². The minimum absolute atomic E-state index is 0.119. The predicted molar refractivity (Wildman–Crippen MR) is 91.2 cm³/mol. The molecule has 0 saturated heterocycles. The highest BCUT2D eigenvalue weighted by Crippen LogP contribution is 2.18. The first-order valence-electron chi connectivity index (χ1n) is 8.18. The second kappa shape index (κ2) is 7.21. The highest BCUT2D eigenvalue weighted by atomic mass is 16.2. The summed E-state index contributed by atoms with van der Waals surface area (Å²) in [4.78, 5) is 12.4. The minimum Gasteiger partial charge on any atom is -0.267 e. The number of hydrazone groups is 1. The third-order valence-corrected chi connectivity index (χ3v) is 4.28. The van der Waals surface area contributed by atoms with Crippen molar-refractivity contribution >= 4 is 22.4 Å². The van der Waals surface area contributed by atoms with Gasteiger partial charge in [-0.25, -0.2) is 5.43 Å². The summed E-state index contributed by atoms with van der Waals surface area (Å²) in [5.74, 6) is -0.119. The zero-order valence-electron chi connectivity index (χ0n) is 12.8. The number of fused-ring (bicyclic) bond motifs is 1. The van der Waals surface area contributed by atoms with Crippen LogP contribution in [0.25, 0.3) is 10.8 Å². The molecule has 0 aromatic heterocycles. The van der Waals surface area contributed by atoms with E-state index in [2.05, 4.69) is 10.5 Å². The van der Waals surface area contributed by atoms with Crippen LogP contribution in [0.4, 0.5) is 0 Å². The van der Waals surface area contributed by atoms with Gasteiger partial charge >= 0.3 is 0 Å². The highest BCUT2D eigenvalue weighted by Gasteiger charge is 2.10. The van der Waals surface area contributed by atoms with Crippen LogP contribution in [-0.2, 0) is 0 Å². The van der Waals surface area contributed by atoms with Gasteiger partial charge in [-0.2, -0.15) is 5.10 Å². The van der Waals surface area contributed by atoms with Crippen molar-refractivity contribution in [1.82, 2.24) is 5.43 Å². The quantitative estimate of drug-likeness (QED) is 0.803. The van der Waals surface area contributed by atoms with Crippen molar-refractivity contribution in [3.63, 3.8) is 0 Å². The number of carbonyl (C=O) groups excluding carboxylic acids is 1. The van der Waals surface area contributed by atoms with E-state index in [0.717, 1.165) is 29.3 Å². The van der Waals surface area contributed by atoms with E-state index in [4.69, 9.17) is 0 Å². The maximum Gasteiger partial charge on any atom is 0.271 e. The molecule has 22 heavy (non-hydrogen) atoms. The van der Waals surface area contributed by atoms with Crippen molar-refractivity contribution in [2.24, 2.45) is 5.10 Å². The first-order chi connectivity index (χ1) is 10.8. The zero-order valence-corrected chi connectivity index (χ0v) is 12.8. The van der Waals surface area contributed by atoms with E-state index in [1.54, 1.807) is 0 Å². The van der Waals surface area contributed by atoms with Crippen LogP contribution >= 0.6 is 0 Å². The minimum atomic E-state index is -0.119. The molecule has 0 bridgehead atoms. The molecule has 1 aliphatic rings. The molecule has 0 spiro atoms. The van der Waals surface area contributed by atoms with Gasteiger partial charge in [0, 0.05) is 11.3 Å². The van der Waals surface area contributed by atoms with Gasteiger partial charge in [0.2, 0.25) is 0 Å². The van der Waals surface area contributed by atoms with Crippen LogP contribution in [0, 0.1) is 0 Å². The molecule has 3 rings (SSSR count). The fraction of sp³-hybridized carbons (Fsp3) is 0.368. The van der Waals surface area contributed by atoms with E-state index in [-0.39, 0.29) is 5.91 Å². The molecule has 0 aliphatic heterocycles. The van der Waals surface area contributed by atoms with E-state index < -0.39 is 0 Å². The Morgan fingerprint density at radius 2 is 1.55 bits per heavy atom. The molecule has 0 radical (unpaired) electrons. The largest absolute Gasteiger partial charge is 0.271 e. The van der Waals surface area contributed by atoms with Crippen LogP contribution in [-0.4, -0.2) is 11.6 Å². The molecular formula is C19H22N2O. The first kappa shape index (κ1) is 14.8. The predicted octanol–water partition coefficient (Wildman–Crippen LogP) is 4.67. The maximum absolute atomic E-state index is 12.4. The number of hydrogen-bond donors (Lipinski definition) is 1. The molecular weight excluding hydrogens is 272 g/mol. The van der Waals surface area contributed by atoms with Crippen molar-refractivity contribution in [3.05, 3.63) is 48.0 Å². The van der Waals surface area contributed by atoms with E-state index in [0.29, 0.717) is 5.56 Å². The van der Waals surface area contributed by atoms with Gasteiger partial charge in [-0.1, -0.05) is 55.7 Å². The first-order valence-corrected chi connectivity index (χ1v) is 8.18. The van der Waals surface area contributed by atoms with Gasteiger partial charge in [-0.3, -0.25) is 4.79 Å². The average Bonchev–Trinajstić information content (AvgIpc) is 2.53. The fourth-order valence-electron chi connectivity index (χ4n) is 3.04. The molecule has 0 unspecified atom stereocenters. The number of hydrogen-bond acceptors (Lipinski definition) is 2. The van der Waals surface area contributed by atoms with Gasteiger partial charge in [0.1, 0.15) is 0 Å². The van der Waals surface area contributed by atoms with Crippen LogP contribution in [0.15, 0.2) is 47.6 Å². The van der Waals surface area contributed by atoms with Crippen LogP contribution in [0.2, 0.25) is 0 Å². The van der Waals surface area contributed by atoms with Crippen LogP contribution in [0.1, 0.15) is 55.3 Å². The Hall–Kier alpha value is -2.16. The summed E-state index contributed by atoms with van der Waals surface area (Å²) in [5.41, 5.74) is 4.58. The monoisotopic (exact) mass is 294 g/mol. The summed E-state index contributed by atoms with van der Waals surface area (Å²) in [6.07, 6.45) is 8.26. The Morgan fingerprint density at radius 1 is 0.864 bits per heavy atom. The zero-order chi connectivity index (χ0) is 15.2. The van der Waals surface area contributed by atoms with E-state index in [9.17, 15) is 4.79 Å². The summed E-state index contributed by atoms with van der Waals surface area (Å²) in [6.45, 7) is 0. The second-order valence-corrected chi connectivity index (χ2v) is 5.91. The number of amides is 1. The highest BCUT2D eigenvalue weighted by molar-refractivity contribution is 6.07. The number of nitrogens with zero attached hydrogens (tertiary/aromatic N) is 1. The lowest BCUT2D eigenvalue weighted by Gasteiger charge is -2.11. The summed E-state index contributed by atoms with van der Waals surface area (Å²) < 4.78 is 0. The van der Waals surface area contributed by atoms with Gasteiger partial charge in [-0.15, -0.1) is 0 Å². The van der Waals surface area contributed by atoms with E-state index >= 15 is 0 Å². The smallest absolute Gasteiger partial charge is 0.267 e. The molecule has 0 heterocycles. The van der Waals surface area contributed by atoms with Gasteiger partial charge in [0.25, 0.3) is 5.91 Å². The lowest BCUT2D eigenvalue weighted by Crippen LogP contribution is -2.20. The molecule has 2 aromatic carbocycles. The second-order valence-electron chi connectivity index (χ2n) is 5.91. The van der Waals surface area contributed by atoms with Crippen LogP contribution in [0.5, 0.6) is 0 Å². The van der Waals surface area contributed by atoms with E-state index in [1.165, 1.54) is 32.1 Å². The molecule has 2 aromatic rings. The molecule has 0 atom stereocenters. The number of rotatable bonds is 2. The Bertz CT molecular complexity index is 675. The Morgan fingerprint density at radius 3 is 2.36 bits per heavy atom.